The lowest BCUT2D eigenvalue weighted by molar-refractivity contribution is -0.137. The van der Waals surface area contributed by atoms with Crippen LogP contribution < -0.4 is 10.2 Å². The van der Waals surface area contributed by atoms with Crippen LogP contribution in [0.1, 0.15) is 51.7 Å². The number of aromatic nitrogens is 2. The van der Waals surface area contributed by atoms with Gasteiger partial charge < -0.3 is 10.2 Å². The van der Waals surface area contributed by atoms with Gasteiger partial charge in [-0.2, -0.15) is 13.2 Å². The van der Waals surface area contributed by atoms with Gasteiger partial charge in [0.2, 0.25) is 0 Å². The summed E-state index contributed by atoms with van der Waals surface area (Å²) in [5.74, 6) is 0.719. The van der Waals surface area contributed by atoms with Crippen molar-refractivity contribution in [3.8, 4) is 11.3 Å². The van der Waals surface area contributed by atoms with E-state index < -0.39 is 11.7 Å². The highest BCUT2D eigenvalue weighted by molar-refractivity contribution is 5.65. The van der Waals surface area contributed by atoms with Crippen molar-refractivity contribution < 1.29 is 13.2 Å². The quantitative estimate of drug-likeness (QED) is 0.759. The number of aryl methyl sites for hydroxylation is 1. The summed E-state index contributed by atoms with van der Waals surface area (Å²) in [5, 5.41) is 12.2. The molecule has 1 aliphatic rings. The Morgan fingerprint density at radius 1 is 1.00 bits per heavy atom. The summed E-state index contributed by atoms with van der Waals surface area (Å²) < 4.78 is 39.2. The second kappa shape index (κ2) is 7.27. The topological polar surface area (TPSA) is 41.0 Å². The van der Waals surface area contributed by atoms with Crippen molar-refractivity contribution >= 4 is 5.82 Å². The summed E-state index contributed by atoms with van der Waals surface area (Å²) in [6, 6.07) is 7.58. The van der Waals surface area contributed by atoms with Crippen molar-refractivity contribution in [2.75, 3.05) is 11.9 Å². The van der Waals surface area contributed by atoms with E-state index in [1.165, 1.54) is 6.07 Å². The first-order valence-corrected chi connectivity index (χ1v) is 9.82. The molecule has 1 N–H and O–H groups in total. The number of nitrogens with one attached hydrogen (secondary N) is 1. The molecular weight excluding hydrogens is 377 g/mol. The van der Waals surface area contributed by atoms with Gasteiger partial charge in [0.1, 0.15) is 0 Å². The average molecular weight is 406 g/mol. The number of benzene rings is 1. The van der Waals surface area contributed by atoms with Crippen LogP contribution in [0.25, 0.3) is 11.3 Å². The Balaban J connectivity index is 1.86. The molecule has 1 aliphatic heterocycles. The third-order valence-electron chi connectivity index (χ3n) is 5.57. The molecule has 0 spiro atoms. The molecule has 0 unspecified atom stereocenters. The molecule has 29 heavy (non-hydrogen) atoms. The maximum Gasteiger partial charge on any atom is 0.416 e. The van der Waals surface area contributed by atoms with Gasteiger partial charge in [-0.05, 0) is 77.3 Å². The lowest BCUT2D eigenvalue weighted by atomic mass is 9.79. The van der Waals surface area contributed by atoms with Crippen molar-refractivity contribution in [2.24, 2.45) is 0 Å². The number of hydrogen-bond acceptors (Lipinski definition) is 4. The number of hydrogen-bond donors (Lipinski definition) is 1. The molecule has 0 radical (unpaired) electrons. The molecule has 2 heterocycles. The highest BCUT2D eigenvalue weighted by atomic mass is 19.4. The average Bonchev–Trinajstić information content (AvgIpc) is 2.58. The second-order valence-corrected chi connectivity index (χ2v) is 9.37. The van der Waals surface area contributed by atoms with Gasteiger partial charge in [0.15, 0.2) is 5.82 Å². The predicted molar refractivity (Wildman–Crippen MR) is 110 cm³/mol. The third kappa shape index (κ3) is 4.89. The van der Waals surface area contributed by atoms with Crippen molar-refractivity contribution in [3.05, 3.63) is 41.5 Å². The number of anilines is 1. The third-order valence-corrected chi connectivity index (χ3v) is 5.57. The first-order valence-electron chi connectivity index (χ1n) is 9.82. The summed E-state index contributed by atoms with van der Waals surface area (Å²) in [6.07, 6.45) is -2.46. The zero-order valence-corrected chi connectivity index (χ0v) is 17.9. The summed E-state index contributed by atoms with van der Waals surface area (Å²) >= 11 is 0. The minimum atomic E-state index is -4.38. The van der Waals surface area contributed by atoms with Crippen LogP contribution in [0, 0.1) is 6.92 Å². The maximum absolute atomic E-state index is 13.1. The molecule has 0 bridgehead atoms. The molecule has 7 heteroatoms. The van der Waals surface area contributed by atoms with Crippen molar-refractivity contribution in [3.63, 3.8) is 0 Å². The zero-order valence-electron chi connectivity index (χ0n) is 17.9. The van der Waals surface area contributed by atoms with E-state index in [2.05, 4.69) is 48.1 Å². The van der Waals surface area contributed by atoms with Gasteiger partial charge in [0.25, 0.3) is 0 Å². The Morgan fingerprint density at radius 3 is 2.14 bits per heavy atom. The number of alkyl halides is 3. The van der Waals surface area contributed by atoms with Crippen LogP contribution in [0.15, 0.2) is 30.3 Å². The van der Waals surface area contributed by atoms with Crippen LogP contribution in [0.5, 0.6) is 0 Å². The highest BCUT2D eigenvalue weighted by Gasteiger charge is 2.39. The molecule has 0 saturated carbocycles. The van der Waals surface area contributed by atoms with Gasteiger partial charge in [-0.15, -0.1) is 10.2 Å². The molecule has 3 rings (SSSR count). The molecule has 1 aromatic carbocycles. The van der Waals surface area contributed by atoms with E-state index in [4.69, 9.17) is 0 Å². The van der Waals surface area contributed by atoms with E-state index in [1.807, 2.05) is 13.1 Å². The Morgan fingerprint density at radius 2 is 1.62 bits per heavy atom. The molecule has 1 saturated heterocycles. The predicted octanol–water partition coefficient (Wildman–Crippen LogP) is 5.22. The van der Waals surface area contributed by atoms with Crippen LogP contribution in [0.2, 0.25) is 0 Å². The van der Waals surface area contributed by atoms with Crippen molar-refractivity contribution in [1.29, 1.82) is 0 Å². The van der Waals surface area contributed by atoms with E-state index in [0.29, 0.717) is 11.3 Å². The minimum Gasteiger partial charge on any atom is -0.355 e. The zero-order chi connectivity index (χ0) is 21.6. The van der Waals surface area contributed by atoms with Gasteiger partial charge >= 0.3 is 6.18 Å². The minimum absolute atomic E-state index is 0.00317. The highest BCUT2D eigenvalue weighted by Crippen LogP contribution is 2.35. The Hall–Kier alpha value is -2.15. The molecular formula is C22H29F3N4. The van der Waals surface area contributed by atoms with Crippen molar-refractivity contribution in [1.82, 2.24) is 15.5 Å². The molecule has 2 aromatic rings. The molecule has 1 fully saturated rings. The van der Waals surface area contributed by atoms with E-state index in [-0.39, 0.29) is 17.1 Å². The van der Waals surface area contributed by atoms with E-state index in [9.17, 15) is 13.2 Å². The molecule has 4 nitrogen and oxygen atoms in total. The van der Waals surface area contributed by atoms with Crippen LogP contribution in [-0.4, -0.2) is 34.4 Å². The molecule has 0 atom stereocenters. The number of nitrogens with zero attached hydrogens (tertiary/aromatic N) is 3. The molecule has 0 aliphatic carbocycles. The fraction of sp³-hybridized carbons (Fsp3) is 0.545. The summed E-state index contributed by atoms with van der Waals surface area (Å²) in [6.45, 7) is 10.6. The summed E-state index contributed by atoms with van der Waals surface area (Å²) in [7, 11) is 2.00. The summed E-state index contributed by atoms with van der Waals surface area (Å²) in [4.78, 5) is 2.13. The number of halogens is 3. The van der Waals surface area contributed by atoms with Gasteiger partial charge in [-0.3, -0.25) is 0 Å². The number of rotatable bonds is 3. The molecule has 0 amide bonds. The first kappa shape index (κ1) is 21.6. The van der Waals surface area contributed by atoms with E-state index in [0.717, 1.165) is 36.4 Å². The summed E-state index contributed by atoms with van der Waals surface area (Å²) in [5.41, 5.74) is 0.949. The SMILES string of the molecule is Cc1ccc(C(F)(F)F)cc1-c1ccc(N(C)C2CC(C)(C)NC(C)(C)C2)nn1. The molecule has 158 valence electrons. The second-order valence-electron chi connectivity index (χ2n) is 9.37. The van der Waals surface area contributed by atoms with Gasteiger partial charge in [-0.25, -0.2) is 0 Å². The fourth-order valence-corrected chi connectivity index (χ4v) is 4.46. The lowest BCUT2D eigenvalue weighted by Gasteiger charge is -2.49. The van der Waals surface area contributed by atoms with E-state index >= 15 is 0 Å². The maximum atomic E-state index is 13.1. The van der Waals surface area contributed by atoms with Gasteiger partial charge in [-0.1, -0.05) is 6.07 Å². The fourth-order valence-electron chi connectivity index (χ4n) is 4.46. The monoisotopic (exact) mass is 406 g/mol. The Bertz CT molecular complexity index is 857. The van der Waals surface area contributed by atoms with Gasteiger partial charge in [0, 0.05) is 29.7 Å². The lowest BCUT2D eigenvalue weighted by Crippen LogP contribution is -2.62. The smallest absolute Gasteiger partial charge is 0.355 e. The Labute approximate surface area is 170 Å². The largest absolute Gasteiger partial charge is 0.416 e. The van der Waals surface area contributed by atoms with Gasteiger partial charge in [0.05, 0.1) is 11.3 Å². The number of piperidine rings is 1. The normalized spacial score (nSPS) is 19.2. The molecule has 1 aromatic heterocycles. The van der Waals surface area contributed by atoms with E-state index in [1.54, 1.807) is 13.0 Å². The van der Waals surface area contributed by atoms with Crippen molar-refractivity contribution in [2.45, 2.75) is 70.8 Å². The van der Waals surface area contributed by atoms with Crippen LogP contribution >= 0.6 is 0 Å². The van der Waals surface area contributed by atoms with Crippen LogP contribution in [0.4, 0.5) is 19.0 Å². The van der Waals surface area contributed by atoms with Crippen LogP contribution in [-0.2, 0) is 6.18 Å². The Kier molecular flexibility index (Phi) is 5.41. The first-order chi connectivity index (χ1) is 13.3. The standard InChI is InChI=1S/C22H29F3N4/c1-14-7-8-15(22(23,24)25)11-17(14)18-9-10-19(27-26-18)29(6)16-12-20(2,3)28-21(4,5)13-16/h7-11,16,28H,12-13H2,1-6H3. The van der Waals surface area contributed by atoms with Crippen LogP contribution in [0.3, 0.4) is 0 Å².